The maximum atomic E-state index is 8.82. The summed E-state index contributed by atoms with van der Waals surface area (Å²) in [5, 5.41) is 12.2. The molecule has 3 nitrogen and oxygen atoms in total. The Morgan fingerprint density at radius 3 is 2.68 bits per heavy atom. The van der Waals surface area contributed by atoms with Crippen LogP contribution in [0.25, 0.3) is 0 Å². The molecule has 96 valence electrons. The maximum Gasteiger partial charge on any atom is 0.0991 e. The van der Waals surface area contributed by atoms with E-state index in [1.54, 1.807) is 0 Å². The molecule has 0 aliphatic carbocycles. The SMILES string of the molecule is Cc1cc(C#N)ccc1CNCCc1ccncc1. The van der Waals surface area contributed by atoms with Crippen LogP contribution in [-0.4, -0.2) is 11.5 Å². The van der Waals surface area contributed by atoms with Gasteiger partial charge in [-0.3, -0.25) is 4.98 Å². The maximum absolute atomic E-state index is 8.82. The minimum Gasteiger partial charge on any atom is -0.312 e. The minimum atomic E-state index is 0.720. The molecular weight excluding hydrogens is 234 g/mol. The summed E-state index contributed by atoms with van der Waals surface area (Å²) in [6.07, 6.45) is 4.64. The largest absolute Gasteiger partial charge is 0.312 e. The number of benzene rings is 1. The lowest BCUT2D eigenvalue weighted by molar-refractivity contribution is 0.684. The molecule has 0 radical (unpaired) electrons. The fraction of sp³-hybridized carbons (Fsp3) is 0.250. The van der Waals surface area contributed by atoms with Crippen LogP contribution in [0.15, 0.2) is 42.7 Å². The fourth-order valence-corrected chi connectivity index (χ4v) is 1.97. The number of nitriles is 1. The van der Waals surface area contributed by atoms with Gasteiger partial charge in [0.1, 0.15) is 0 Å². The van der Waals surface area contributed by atoms with Gasteiger partial charge in [-0.1, -0.05) is 6.07 Å². The molecule has 0 amide bonds. The molecule has 2 rings (SSSR count). The average Bonchev–Trinajstić information content (AvgIpc) is 2.46. The van der Waals surface area contributed by atoms with E-state index in [-0.39, 0.29) is 0 Å². The van der Waals surface area contributed by atoms with E-state index < -0.39 is 0 Å². The van der Waals surface area contributed by atoms with Crippen molar-refractivity contribution in [2.75, 3.05) is 6.54 Å². The highest BCUT2D eigenvalue weighted by atomic mass is 14.8. The molecule has 0 unspecified atom stereocenters. The zero-order valence-electron chi connectivity index (χ0n) is 11.1. The second-order valence-corrected chi connectivity index (χ2v) is 4.54. The Hall–Kier alpha value is -2.18. The lowest BCUT2D eigenvalue weighted by atomic mass is 10.1. The standard InChI is InChI=1S/C16H17N3/c1-13-10-15(11-17)2-3-16(13)12-19-9-6-14-4-7-18-8-5-14/h2-5,7-8,10,19H,6,9,12H2,1H3. The Morgan fingerprint density at radius 2 is 2.00 bits per heavy atom. The van der Waals surface area contributed by atoms with Gasteiger partial charge in [-0.15, -0.1) is 0 Å². The van der Waals surface area contributed by atoms with Gasteiger partial charge in [0.05, 0.1) is 11.6 Å². The van der Waals surface area contributed by atoms with E-state index in [4.69, 9.17) is 5.26 Å². The smallest absolute Gasteiger partial charge is 0.0991 e. The van der Waals surface area contributed by atoms with Crippen LogP contribution < -0.4 is 5.32 Å². The van der Waals surface area contributed by atoms with Crippen molar-refractivity contribution in [3.8, 4) is 6.07 Å². The second kappa shape index (κ2) is 6.67. The highest BCUT2D eigenvalue weighted by Gasteiger charge is 1.99. The predicted molar refractivity (Wildman–Crippen MR) is 75.5 cm³/mol. The lowest BCUT2D eigenvalue weighted by Gasteiger charge is -2.08. The molecule has 0 bridgehead atoms. The van der Waals surface area contributed by atoms with Gasteiger partial charge < -0.3 is 5.32 Å². The molecule has 0 aliphatic rings. The van der Waals surface area contributed by atoms with E-state index in [0.717, 1.165) is 30.6 Å². The van der Waals surface area contributed by atoms with Crippen molar-refractivity contribution in [2.24, 2.45) is 0 Å². The monoisotopic (exact) mass is 251 g/mol. The molecule has 1 heterocycles. The molecule has 3 heteroatoms. The summed E-state index contributed by atoms with van der Waals surface area (Å²) >= 11 is 0. The molecule has 0 saturated carbocycles. The summed E-state index contributed by atoms with van der Waals surface area (Å²) in [5.41, 5.74) is 4.42. The third-order valence-electron chi connectivity index (χ3n) is 3.13. The molecular formula is C16H17N3. The van der Waals surface area contributed by atoms with Gasteiger partial charge in [0.2, 0.25) is 0 Å². The fourth-order valence-electron chi connectivity index (χ4n) is 1.97. The van der Waals surface area contributed by atoms with Crippen LogP contribution >= 0.6 is 0 Å². The van der Waals surface area contributed by atoms with E-state index in [1.165, 1.54) is 11.1 Å². The van der Waals surface area contributed by atoms with E-state index in [9.17, 15) is 0 Å². The number of aryl methyl sites for hydroxylation is 1. The first-order valence-corrected chi connectivity index (χ1v) is 6.39. The van der Waals surface area contributed by atoms with E-state index in [1.807, 2.05) is 49.6 Å². The topological polar surface area (TPSA) is 48.7 Å². The molecule has 0 fully saturated rings. The van der Waals surface area contributed by atoms with Gasteiger partial charge in [-0.25, -0.2) is 0 Å². The second-order valence-electron chi connectivity index (χ2n) is 4.54. The summed E-state index contributed by atoms with van der Waals surface area (Å²) in [6.45, 7) is 3.81. The number of nitrogens with one attached hydrogen (secondary N) is 1. The Morgan fingerprint density at radius 1 is 1.21 bits per heavy atom. The quantitative estimate of drug-likeness (QED) is 0.831. The summed E-state index contributed by atoms with van der Waals surface area (Å²) in [6, 6.07) is 12.0. The molecule has 0 aliphatic heterocycles. The summed E-state index contributed by atoms with van der Waals surface area (Å²) in [5.74, 6) is 0. The molecule has 1 aromatic heterocycles. The molecule has 1 N–H and O–H groups in total. The number of hydrogen-bond acceptors (Lipinski definition) is 3. The van der Waals surface area contributed by atoms with Crippen molar-refractivity contribution in [3.05, 3.63) is 65.0 Å². The van der Waals surface area contributed by atoms with Crippen molar-refractivity contribution in [2.45, 2.75) is 19.9 Å². The first-order valence-electron chi connectivity index (χ1n) is 6.39. The average molecular weight is 251 g/mol. The van der Waals surface area contributed by atoms with Crippen LogP contribution in [-0.2, 0) is 13.0 Å². The Kier molecular flexibility index (Phi) is 4.66. The number of nitrogens with zero attached hydrogens (tertiary/aromatic N) is 2. The third kappa shape index (κ3) is 3.90. The van der Waals surface area contributed by atoms with Gasteiger partial charge >= 0.3 is 0 Å². The van der Waals surface area contributed by atoms with Gasteiger partial charge in [-0.05, 0) is 60.8 Å². The summed E-state index contributed by atoms with van der Waals surface area (Å²) in [4.78, 5) is 4.00. The number of hydrogen-bond donors (Lipinski definition) is 1. The van der Waals surface area contributed by atoms with Crippen molar-refractivity contribution >= 4 is 0 Å². The molecule has 0 spiro atoms. The Bertz CT molecular complexity index is 570. The zero-order chi connectivity index (χ0) is 13.5. The number of pyridine rings is 1. The normalized spacial score (nSPS) is 10.1. The van der Waals surface area contributed by atoms with Gasteiger partial charge in [0.15, 0.2) is 0 Å². The Labute approximate surface area is 113 Å². The first kappa shape index (κ1) is 13.3. The van der Waals surface area contributed by atoms with Crippen LogP contribution in [0.4, 0.5) is 0 Å². The lowest BCUT2D eigenvalue weighted by Crippen LogP contribution is -2.17. The summed E-state index contributed by atoms with van der Waals surface area (Å²) < 4.78 is 0. The predicted octanol–water partition coefficient (Wildman–Crippen LogP) is 2.59. The summed E-state index contributed by atoms with van der Waals surface area (Å²) in [7, 11) is 0. The molecule has 19 heavy (non-hydrogen) atoms. The zero-order valence-corrected chi connectivity index (χ0v) is 11.1. The van der Waals surface area contributed by atoms with Gasteiger partial charge in [0.25, 0.3) is 0 Å². The van der Waals surface area contributed by atoms with Crippen molar-refractivity contribution < 1.29 is 0 Å². The van der Waals surface area contributed by atoms with Crippen LogP contribution in [0.2, 0.25) is 0 Å². The van der Waals surface area contributed by atoms with E-state index in [0.29, 0.717) is 0 Å². The van der Waals surface area contributed by atoms with E-state index in [2.05, 4.69) is 16.4 Å². The molecule has 2 aromatic rings. The highest BCUT2D eigenvalue weighted by molar-refractivity contribution is 5.37. The first-order chi connectivity index (χ1) is 9.29. The van der Waals surface area contributed by atoms with Gasteiger partial charge in [-0.2, -0.15) is 5.26 Å². The van der Waals surface area contributed by atoms with Crippen LogP contribution in [0.5, 0.6) is 0 Å². The Balaban J connectivity index is 1.82. The van der Waals surface area contributed by atoms with Crippen molar-refractivity contribution in [1.29, 1.82) is 5.26 Å². The molecule has 0 atom stereocenters. The van der Waals surface area contributed by atoms with E-state index >= 15 is 0 Å². The highest BCUT2D eigenvalue weighted by Crippen LogP contribution is 2.10. The minimum absolute atomic E-state index is 0.720. The molecule has 0 saturated heterocycles. The third-order valence-corrected chi connectivity index (χ3v) is 3.13. The molecule has 1 aromatic carbocycles. The van der Waals surface area contributed by atoms with Crippen molar-refractivity contribution in [3.63, 3.8) is 0 Å². The van der Waals surface area contributed by atoms with Crippen molar-refractivity contribution in [1.82, 2.24) is 10.3 Å². The number of aromatic nitrogens is 1. The van der Waals surface area contributed by atoms with Crippen LogP contribution in [0, 0.1) is 18.3 Å². The van der Waals surface area contributed by atoms with Crippen LogP contribution in [0.3, 0.4) is 0 Å². The number of rotatable bonds is 5. The van der Waals surface area contributed by atoms with Gasteiger partial charge in [0, 0.05) is 18.9 Å². The van der Waals surface area contributed by atoms with Crippen LogP contribution in [0.1, 0.15) is 22.3 Å².